The largest absolute Gasteiger partial charge is 0.477 e. The zero-order chi connectivity index (χ0) is 14.0. The van der Waals surface area contributed by atoms with Gasteiger partial charge in [-0.2, -0.15) is 0 Å². The van der Waals surface area contributed by atoms with Crippen LogP contribution in [-0.2, 0) is 0 Å². The Hall–Kier alpha value is -1.98. The van der Waals surface area contributed by atoms with Gasteiger partial charge >= 0.3 is 5.97 Å². The smallest absolute Gasteiger partial charge is 0.354 e. The molecule has 0 aliphatic rings. The SMILES string of the molecule is Nc1ccc(C(=O)O)nc1Oc1cc(Cl)cc(Cl)c1. The van der Waals surface area contributed by atoms with Crippen LogP contribution in [0, 0.1) is 0 Å². The number of hydrogen-bond donors (Lipinski definition) is 2. The summed E-state index contributed by atoms with van der Waals surface area (Å²) >= 11 is 11.7. The van der Waals surface area contributed by atoms with Gasteiger partial charge in [-0.05, 0) is 30.3 Å². The van der Waals surface area contributed by atoms with Crippen LogP contribution < -0.4 is 10.5 Å². The molecule has 0 aliphatic carbocycles. The maximum Gasteiger partial charge on any atom is 0.354 e. The number of carbonyl (C=O) groups is 1. The van der Waals surface area contributed by atoms with Crippen LogP contribution in [0.1, 0.15) is 10.5 Å². The first-order valence-corrected chi connectivity index (χ1v) is 5.85. The summed E-state index contributed by atoms with van der Waals surface area (Å²) in [5.41, 5.74) is 5.71. The third-order valence-electron chi connectivity index (χ3n) is 2.16. The van der Waals surface area contributed by atoms with Crippen molar-refractivity contribution in [3.63, 3.8) is 0 Å². The Balaban J connectivity index is 2.37. The van der Waals surface area contributed by atoms with Crippen molar-refractivity contribution in [2.75, 3.05) is 5.73 Å². The molecule has 0 amide bonds. The molecule has 0 aliphatic heterocycles. The van der Waals surface area contributed by atoms with E-state index >= 15 is 0 Å². The fraction of sp³-hybridized carbons (Fsp3) is 0. The number of nitrogen functional groups attached to an aromatic ring is 1. The lowest BCUT2D eigenvalue weighted by atomic mass is 10.3. The molecule has 0 bridgehead atoms. The van der Waals surface area contributed by atoms with Gasteiger partial charge in [0, 0.05) is 10.0 Å². The van der Waals surface area contributed by atoms with Crippen molar-refractivity contribution in [2.45, 2.75) is 0 Å². The second-order valence-electron chi connectivity index (χ2n) is 3.60. The van der Waals surface area contributed by atoms with Gasteiger partial charge in [0.05, 0.1) is 5.69 Å². The number of aromatic carboxylic acids is 1. The molecule has 2 aromatic rings. The number of hydrogen-bond acceptors (Lipinski definition) is 4. The minimum Gasteiger partial charge on any atom is -0.477 e. The van der Waals surface area contributed by atoms with Gasteiger partial charge in [0.1, 0.15) is 5.75 Å². The van der Waals surface area contributed by atoms with E-state index in [4.69, 9.17) is 38.8 Å². The van der Waals surface area contributed by atoms with Gasteiger partial charge in [-0.25, -0.2) is 9.78 Å². The Morgan fingerprint density at radius 3 is 2.42 bits per heavy atom. The zero-order valence-electron chi connectivity index (χ0n) is 9.43. The zero-order valence-corrected chi connectivity index (χ0v) is 10.9. The molecule has 0 atom stereocenters. The minimum atomic E-state index is -1.17. The topological polar surface area (TPSA) is 85.4 Å². The lowest BCUT2D eigenvalue weighted by Crippen LogP contribution is -2.03. The van der Waals surface area contributed by atoms with E-state index in [1.165, 1.54) is 24.3 Å². The molecule has 0 spiro atoms. The number of halogens is 2. The molecule has 98 valence electrons. The Labute approximate surface area is 118 Å². The molecule has 1 aromatic heterocycles. The van der Waals surface area contributed by atoms with Crippen molar-refractivity contribution >= 4 is 34.9 Å². The molecule has 0 saturated heterocycles. The molecule has 1 heterocycles. The quantitative estimate of drug-likeness (QED) is 0.906. The van der Waals surface area contributed by atoms with E-state index < -0.39 is 5.97 Å². The predicted molar refractivity (Wildman–Crippen MR) is 72.1 cm³/mol. The second-order valence-corrected chi connectivity index (χ2v) is 4.48. The van der Waals surface area contributed by atoms with Crippen LogP contribution in [0.3, 0.4) is 0 Å². The average Bonchev–Trinajstić information content (AvgIpc) is 2.30. The van der Waals surface area contributed by atoms with E-state index in [0.717, 1.165) is 0 Å². The maximum atomic E-state index is 10.8. The monoisotopic (exact) mass is 298 g/mol. The van der Waals surface area contributed by atoms with E-state index in [9.17, 15) is 4.79 Å². The van der Waals surface area contributed by atoms with Crippen LogP contribution in [0.5, 0.6) is 11.6 Å². The van der Waals surface area contributed by atoms with Crippen LogP contribution in [-0.4, -0.2) is 16.1 Å². The lowest BCUT2D eigenvalue weighted by Gasteiger charge is -2.08. The summed E-state index contributed by atoms with van der Waals surface area (Å²) in [5, 5.41) is 9.62. The standard InChI is InChI=1S/C12H8Cl2N2O3/c13-6-3-7(14)5-8(4-6)19-11-9(15)1-2-10(16-11)12(17)18/h1-5H,15H2,(H,17,18). The summed E-state index contributed by atoms with van der Waals surface area (Å²) in [4.78, 5) is 14.6. The van der Waals surface area contributed by atoms with E-state index in [-0.39, 0.29) is 17.3 Å². The van der Waals surface area contributed by atoms with Gasteiger partial charge in [-0.3, -0.25) is 0 Å². The Kier molecular flexibility index (Phi) is 3.78. The van der Waals surface area contributed by atoms with Crippen molar-refractivity contribution in [3.05, 3.63) is 46.1 Å². The lowest BCUT2D eigenvalue weighted by molar-refractivity contribution is 0.0689. The Bertz CT molecular complexity index is 627. The molecule has 0 fully saturated rings. The van der Waals surface area contributed by atoms with Crippen molar-refractivity contribution in [1.29, 1.82) is 0 Å². The fourth-order valence-corrected chi connectivity index (χ4v) is 1.86. The van der Waals surface area contributed by atoms with Crippen LogP contribution >= 0.6 is 23.2 Å². The van der Waals surface area contributed by atoms with Gasteiger partial charge in [-0.1, -0.05) is 23.2 Å². The van der Waals surface area contributed by atoms with E-state index in [0.29, 0.717) is 15.8 Å². The number of carboxylic acids is 1. The number of nitrogens with zero attached hydrogens (tertiary/aromatic N) is 1. The van der Waals surface area contributed by atoms with Crippen LogP contribution in [0.4, 0.5) is 5.69 Å². The Morgan fingerprint density at radius 1 is 1.21 bits per heavy atom. The summed E-state index contributed by atoms with van der Waals surface area (Å²) in [6.45, 7) is 0. The number of carboxylic acid groups (broad SMARTS) is 1. The highest BCUT2D eigenvalue weighted by atomic mass is 35.5. The number of aromatic nitrogens is 1. The minimum absolute atomic E-state index is 0.0155. The maximum absolute atomic E-state index is 10.8. The molecule has 3 N–H and O–H groups in total. The average molecular weight is 299 g/mol. The normalized spacial score (nSPS) is 10.2. The summed E-state index contributed by atoms with van der Waals surface area (Å²) in [7, 11) is 0. The summed E-state index contributed by atoms with van der Waals surface area (Å²) in [6.07, 6.45) is 0. The van der Waals surface area contributed by atoms with Gasteiger partial charge in [0.15, 0.2) is 5.69 Å². The van der Waals surface area contributed by atoms with Crippen molar-refractivity contribution in [2.24, 2.45) is 0 Å². The molecule has 0 saturated carbocycles. The predicted octanol–water partition coefficient (Wildman–Crippen LogP) is 3.46. The van der Waals surface area contributed by atoms with Crippen LogP contribution in [0.2, 0.25) is 10.0 Å². The number of nitrogens with two attached hydrogens (primary N) is 1. The number of pyridine rings is 1. The molecule has 5 nitrogen and oxygen atoms in total. The number of ether oxygens (including phenoxy) is 1. The molecule has 0 unspecified atom stereocenters. The number of benzene rings is 1. The van der Waals surface area contributed by atoms with E-state index in [1.54, 1.807) is 6.07 Å². The number of rotatable bonds is 3. The van der Waals surface area contributed by atoms with Crippen LogP contribution in [0.25, 0.3) is 0 Å². The van der Waals surface area contributed by atoms with E-state index in [2.05, 4.69) is 4.98 Å². The fourth-order valence-electron chi connectivity index (χ4n) is 1.35. The molecular weight excluding hydrogens is 291 g/mol. The first kappa shape index (κ1) is 13.5. The summed E-state index contributed by atoms with van der Waals surface area (Å²) in [6, 6.07) is 7.26. The van der Waals surface area contributed by atoms with Crippen molar-refractivity contribution in [1.82, 2.24) is 4.98 Å². The van der Waals surface area contributed by atoms with Crippen molar-refractivity contribution in [3.8, 4) is 11.6 Å². The Morgan fingerprint density at radius 2 is 1.84 bits per heavy atom. The molecule has 1 aromatic carbocycles. The highest BCUT2D eigenvalue weighted by Gasteiger charge is 2.11. The third kappa shape index (κ3) is 3.27. The van der Waals surface area contributed by atoms with Gasteiger partial charge in [0.25, 0.3) is 0 Å². The first-order chi connectivity index (χ1) is 8.95. The molecular formula is C12H8Cl2N2O3. The summed E-state index contributed by atoms with van der Waals surface area (Å²) in [5.74, 6) is -0.869. The van der Waals surface area contributed by atoms with Gasteiger partial charge in [-0.15, -0.1) is 0 Å². The second kappa shape index (κ2) is 5.34. The number of anilines is 1. The highest BCUT2D eigenvalue weighted by Crippen LogP contribution is 2.30. The highest BCUT2D eigenvalue weighted by molar-refractivity contribution is 6.34. The van der Waals surface area contributed by atoms with E-state index in [1.807, 2.05) is 0 Å². The molecule has 2 rings (SSSR count). The third-order valence-corrected chi connectivity index (χ3v) is 2.60. The molecule has 7 heteroatoms. The van der Waals surface area contributed by atoms with Crippen LogP contribution in [0.15, 0.2) is 30.3 Å². The van der Waals surface area contributed by atoms with Gasteiger partial charge in [0.2, 0.25) is 5.88 Å². The van der Waals surface area contributed by atoms with Gasteiger partial charge < -0.3 is 15.6 Å². The first-order valence-electron chi connectivity index (χ1n) is 5.09. The summed E-state index contributed by atoms with van der Waals surface area (Å²) < 4.78 is 5.39. The van der Waals surface area contributed by atoms with Crippen molar-refractivity contribution < 1.29 is 14.6 Å². The molecule has 19 heavy (non-hydrogen) atoms. The molecule has 0 radical (unpaired) electrons.